The van der Waals surface area contributed by atoms with Gasteiger partial charge in [0.05, 0.1) is 18.5 Å². The highest BCUT2D eigenvalue weighted by molar-refractivity contribution is 5.76. The zero-order valence-corrected chi connectivity index (χ0v) is 14.8. The van der Waals surface area contributed by atoms with Crippen molar-refractivity contribution in [2.45, 2.75) is 0 Å². The van der Waals surface area contributed by atoms with E-state index in [-0.39, 0.29) is 5.56 Å². The van der Waals surface area contributed by atoms with E-state index in [4.69, 9.17) is 9.72 Å². The van der Waals surface area contributed by atoms with Crippen molar-refractivity contribution in [3.05, 3.63) is 46.9 Å². The molecule has 2 aromatic heterocycles. The zero-order chi connectivity index (χ0) is 17.9. The molecule has 0 atom stereocenters. The number of ether oxygens (including phenoxy) is 1. The molecule has 0 spiro atoms. The van der Waals surface area contributed by atoms with Crippen LogP contribution in [-0.4, -0.2) is 71.1 Å². The van der Waals surface area contributed by atoms with Gasteiger partial charge < -0.3 is 9.64 Å². The number of aromatic amines is 1. The number of benzene rings is 1. The van der Waals surface area contributed by atoms with Crippen LogP contribution >= 0.6 is 0 Å². The topological polar surface area (TPSA) is 79.3 Å². The number of fused-ring (bicyclic) bond motifs is 1. The van der Waals surface area contributed by atoms with Crippen LogP contribution in [0, 0.1) is 0 Å². The van der Waals surface area contributed by atoms with Crippen LogP contribution in [0.4, 0.5) is 5.95 Å². The predicted molar refractivity (Wildman–Crippen MR) is 100 cm³/mol. The first-order valence-corrected chi connectivity index (χ1v) is 8.76. The van der Waals surface area contributed by atoms with Gasteiger partial charge in [0.2, 0.25) is 5.95 Å². The van der Waals surface area contributed by atoms with Crippen molar-refractivity contribution in [3.63, 3.8) is 0 Å². The van der Waals surface area contributed by atoms with Gasteiger partial charge in [0.15, 0.2) is 5.65 Å². The van der Waals surface area contributed by atoms with Gasteiger partial charge in [-0.1, -0.05) is 18.2 Å². The summed E-state index contributed by atoms with van der Waals surface area (Å²) in [6.07, 6.45) is 1.57. The van der Waals surface area contributed by atoms with E-state index in [2.05, 4.69) is 19.9 Å². The first kappa shape index (κ1) is 16.7. The molecule has 0 amide bonds. The minimum Gasteiger partial charge on any atom is -0.383 e. The Morgan fingerprint density at radius 1 is 1.15 bits per heavy atom. The molecule has 0 radical (unpaired) electrons. The summed E-state index contributed by atoms with van der Waals surface area (Å²) in [6, 6.07) is 9.73. The highest BCUT2D eigenvalue weighted by Crippen LogP contribution is 2.17. The summed E-state index contributed by atoms with van der Waals surface area (Å²) in [7, 11) is 1.72. The molecule has 0 bridgehead atoms. The third-order valence-corrected chi connectivity index (χ3v) is 4.71. The smallest absolute Gasteiger partial charge is 0.263 e. The van der Waals surface area contributed by atoms with Crippen LogP contribution in [0.5, 0.6) is 0 Å². The van der Waals surface area contributed by atoms with Gasteiger partial charge in [-0.05, 0) is 12.1 Å². The minimum atomic E-state index is -0.158. The highest BCUT2D eigenvalue weighted by Gasteiger charge is 2.20. The SMILES string of the molecule is COCCN1CCN(c2nc3c(cnn3-c3ccccc3)c(=O)[nH]2)CC1. The molecule has 1 N–H and O–H groups in total. The number of nitrogens with one attached hydrogen (secondary N) is 1. The van der Waals surface area contributed by atoms with Gasteiger partial charge in [-0.15, -0.1) is 0 Å². The van der Waals surface area contributed by atoms with E-state index < -0.39 is 0 Å². The molecule has 8 nitrogen and oxygen atoms in total. The van der Waals surface area contributed by atoms with Crippen molar-refractivity contribution in [3.8, 4) is 5.69 Å². The lowest BCUT2D eigenvalue weighted by molar-refractivity contribution is 0.143. The molecule has 4 rings (SSSR count). The largest absolute Gasteiger partial charge is 0.383 e. The van der Waals surface area contributed by atoms with Crippen LogP contribution in [0.15, 0.2) is 41.3 Å². The Labute approximate surface area is 151 Å². The standard InChI is InChI=1S/C18H22N6O2/c1-26-12-11-22-7-9-23(10-8-22)18-20-16-15(17(25)21-18)13-19-24(16)14-5-3-2-4-6-14/h2-6,13H,7-12H2,1H3,(H,20,21,25). The Morgan fingerprint density at radius 3 is 2.65 bits per heavy atom. The Kier molecular flexibility index (Phi) is 4.68. The fraction of sp³-hybridized carbons (Fsp3) is 0.389. The van der Waals surface area contributed by atoms with Crippen molar-refractivity contribution in [2.75, 3.05) is 51.3 Å². The Bertz CT molecular complexity index is 928. The average Bonchev–Trinajstić information content (AvgIpc) is 3.12. The summed E-state index contributed by atoms with van der Waals surface area (Å²) >= 11 is 0. The molecule has 1 aliphatic heterocycles. The number of piperazine rings is 1. The lowest BCUT2D eigenvalue weighted by atomic mass is 10.3. The normalized spacial score (nSPS) is 15.7. The van der Waals surface area contributed by atoms with Crippen LogP contribution in [-0.2, 0) is 4.74 Å². The lowest BCUT2D eigenvalue weighted by Gasteiger charge is -2.34. The summed E-state index contributed by atoms with van der Waals surface area (Å²) in [5.74, 6) is 0.603. The van der Waals surface area contributed by atoms with Gasteiger partial charge in [0.25, 0.3) is 5.56 Å². The molecule has 3 heterocycles. The molecule has 8 heteroatoms. The molecule has 0 unspecified atom stereocenters. The summed E-state index contributed by atoms with van der Waals surface area (Å²) in [5, 5.41) is 4.85. The van der Waals surface area contributed by atoms with Gasteiger partial charge in [-0.2, -0.15) is 10.1 Å². The second-order valence-corrected chi connectivity index (χ2v) is 6.34. The van der Waals surface area contributed by atoms with Crippen molar-refractivity contribution in [1.29, 1.82) is 0 Å². The quantitative estimate of drug-likeness (QED) is 0.733. The van der Waals surface area contributed by atoms with E-state index >= 15 is 0 Å². The third-order valence-electron chi connectivity index (χ3n) is 4.71. The van der Waals surface area contributed by atoms with Crippen LogP contribution < -0.4 is 10.5 Å². The number of nitrogens with zero attached hydrogens (tertiary/aromatic N) is 5. The highest BCUT2D eigenvalue weighted by atomic mass is 16.5. The number of para-hydroxylation sites is 1. The van der Waals surface area contributed by atoms with E-state index in [1.807, 2.05) is 30.3 Å². The monoisotopic (exact) mass is 354 g/mol. The first-order valence-electron chi connectivity index (χ1n) is 8.76. The van der Waals surface area contributed by atoms with Gasteiger partial charge >= 0.3 is 0 Å². The summed E-state index contributed by atoms with van der Waals surface area (Å²) < 4.78 is 6.85. The third kappa shape index (κ3) is 3.21. The fourth-order valence-electron chi connectivity index (χ4n) is 3.22. The zero-order valence-electron chi connectivity index (χ0n) is 14.8. The molecule has 0 aliphatic carbocycles. The van der Waals surface area contributed by atoms with Gasteiger partial charge in [-0.25, -0.2) is 4.68 Å². The van der Waals surface area contributed by atoms with E-state index in [0.717, 1.165) is 45.0 Å². The Morgan fingerprint density at radius 2 is 1.92 bits per heavy atom. The van der Waals surface area contributed by atoms with Crippen molar-refractivity contribution < 1.29 is 4.74 Å². The maximum absolute atomic E-state index is 12.5. The van der Waals surface area contributed by atoms with Gasteiger partial charge in [-0.3, -0.25) is 14.7 Å². The number of hydrogen-bond acceptors (Lipinski definition) is 6. The van der Waals surface area contributed by atoms with Crippen LogP contribution in [0.3, 0.4) is 0 Å². The first-order chi connectivity index (χ1) is 12.8. The molecule has 26 heavy (non-hydrogen) atoms. The van der Waals surface area contributed by atoms with Crippen molar-refractivity contribution in [2.24, 2.45) is 0 Å². The maximum Gasteiger partial charge on any atom is 0.263 e. The number of aromatic nitrogens is 4. The van der Waals surface area contributed by atoms with E-state index in [9.17, 15) is 4.79 Å². The maximum atomic E-state index is 12.5. The molecule has 1 fully saturated rings. The van der Waals surface area contributed by atoms with Crippen LogP contribution in [0.25, 0.3) is 16.7 Å². The molecule has 0 saturated carbocycles. The molecule has 1 aliphatic rings. The minimum absolute atomic E-state index is 0.158. The van der Waals surface area contributed by atoms with E-state index in [1.165, 1.54) is 0 Å². The molecule has 136 valence electrons. The molecular weight excluding hydrogens is 332 g/mol. The summed E-state index contributed by atoms with van der Waals surface area (Å²) in [6.45, 7) is 5.13. The number of methoxy groups -OCH3 is 1. The summed E-state index contributed by atoms with van der Waals surface area (Å²) in [5.41, 5.74) is 1.31. The molecular formula is C18H22N6O2. The van der Waals surface area contributed by atoms with Crippen LogP contribution in [0.2, 0.25) is 0 Å². The summed E-state index contributed by atoms with van der Waals surface area (Å²) in [4.78, 5) is 24.6. The predicted octanol–water partition coefficient (Wildman–Crippen LogP) is 0.877. The number of anilines is 1. The van der Waals surface area contributed by atoms with Crippen molar-refractivity contribution >= 4 is 17.0 Å². The average molecular weight is 354 g/mol. The Balaban J connectivity index is 1.62. The molecule has 1 saturated heterocycles. The number of H-pyrrole nitrogens is 1. The van der Waals surface area contributed by atoms with Crippen LogP contribution in [0.1, 0.15) is 0 Å². The second kappa shape index (κ2) is 7.27. The van der Waals surface area contributed by atoms with Gasteiger partial charge in [0.1, 0.15) is 5.39 Å². The fourth-order valence-corrected chi connectivity index (χ4v) is 3.22. The second-order valence-electron chi connectivity index (χ2n) is 6.34. The van der Waals surface area contributed by atoms with E-state index in [1.54, 1.807) is 18.0 Å². The lowest BCUT2D eigenvalue weighted by Crippen LogP contribution is -2.48. The number of hydrogen-bond donors (Lipinski definition) is 1. The van der Waals surface area contributed by atoms with Gasteiger partial charge in [0, 0.05) is 39.8 Å². The number of rotatable bonds is 5. The molecule has 1 aromatic carbocycles. The van der Waals surface area contributed by atoms with E-state index in [0.29, 0.717) is 17.0 Å². The van der Waals surface area contributed by atoms with Crippen molar-refractivity contribution in [1.82, 2.24) is 24.6 Å². The molecule has 3 aromatic rings. The Hall–Kier alpha value is -2.71.